The first-order chi connectivity index (χ1) is 11.4. The van der Waals surface area contributed by atoms with Crippen LogP contribution in [0.15, 0.2) is 0 Å². The summed E-state index contributed by atoms with van der Waals surface area (Å²) < 4.78 is 34.8. The third kappa shape index (κ3) is 6.07. The van der Waals surface area contributed by atoms with Crippen molar-refractivity contribution in [2.45, 2.75) is 50.6 Å². The Kier molecular flexibility index (Phi) is 8.16. The molecule has 140 valence electrons. The summed E-state index contributed by atoms with van der Waals surface area (Å²) >= 11 is 0.952. The van der Waals surface area contributed by atoms with Crippen LogP contribution in [0.25, 0.3) is 0 Å². The second-order valence-electron chi connectivity index (χ2n) is 5.82. The fourth-order valence-electron chi connectivity index (χ4n) is 2.45. The van der Waals surface area contributed by atoms with Crippen molar-refractivity contribution in [3.8, 4) is 0 Å². The molecule has 2 fully saturated rings. The molecule has 0 amide bonds. The lowest BCUT2D eigenvalue weighted by Crippen LogP contribution is -2.28. The predicted octanol–water partition coefficient (Wildman–Crippen LogP) is 1.14. The molecule has 5 atom stereocenters. The van der Waals surface area contributed by atoms with Gasteiger partial charge in [-0.15, -0.1) is 0 Å². The second kappa shape index (κ2) is 9.64. The van der Waals surface area contributed by atoms with Gasteiger partial charge in [0.1, 0.15) is 18.0 Å². The molecule has 0 saturated carbocycles. The summed E-state index contributed by atoms with van der Waals surface area (Å²) in [7, 11) is 0. The molecule has 2 N–H and O–H groups in total. The monoisotopic (exact) mass is 384 g/mol. The van der Waals surface area contributed by atoms with Crippen molar-refractivity contribution < 1.29 is 38.1 Å². The minimum Gasteiger partial charge on any atom is -0.394 e. The van der Waals surface area contributed by atoms with E-state index in [1.54, 1.807) is 0 Å². The molecule has 0 radical (unpaired) electrons. The van der Waals surface area contributed by atoms with Crippen LogP contribution in [0.4, 0.5) is 0 Å². The lowest BCUT2D eigenvalue weighted by atomic mass is 10.2. The van der Waals surface area contributed by atoms with Crippen LogP contribution in [0.2, 0.25) is 0 Å². The van der Waals surface area contributed by atoms with E-state index in [-0.39, 0.29) is 25.4 Å². The van der Waals surface area contributed by atoms with Gasteiger partial charge in [-0.3, -0.25) is 13.8 Å². The van der Waals surface area contributed by atoms with Crippen molar-refractivity contribution in [3.63, 3.8) is 0 Å². The molecule has 0 aromatic rings. The summed E-state index contributed by atoms with van der Waals surface area (Å²) in [5.41, 5.74) is 0. The highest BCUT2D eigenvalue weighted by molar-refractivity contribution is 8.55. The van der Waals surface area contributed by atoms with Crippen LogP contribution in [0.3, 0.4) is 0 Å². The minimum atomic E-state index is -3.57. The van der Waals surface area contributed by atoms with E-state index in [1.807, 2.05) is 0 Å². The van der Waals surface area contributed by atoms with Gasteiger partial charge in [0.15, 0.2) is 0 Å². The van der Waals surface area contributed by atoms with Gasteiger partial charge in [0.25, 0.3) is 0 Å². The second-order valence-corrected chi connectivity index (χ2v) is 9.96. The number of ketones is 1. The Balaban J connectivity index is 1.94. The van der Waals surface area contributed by atoms with E-state index in [2.05, 4.69) is 0 Å². The molecule has 2 saturated heterocycles. The summed E-state index contributed by atoms with van der Waals surface area (Å²) in [6, 6.07) is 0. The zero-order chi connectivity index (χ0) is 17.6. The third-order valence-corrected chi connectivity index (χ3v) is 7.64. The SMILES string of the molecule is CC(=O)CCS[P@@](=O)(OC[C@H]1OCCC1O)OC1CCO[C@@H]1CO. The van der Waals surface area contributed by atoms with Crippen molar-refractivity contribution >= 4 is 24.0 Å². The normalized spacial score (nSPS) is 32.8. The molecule has 2 unspecified atom stereocenters. The van der Waals surface area contributed by atoms with E-state index in [0.717, 1.165) is 11.4 Å². The zero-order valence-electron chi connectivity index (χ0n) is 13.7. The summed E-state index contributed by atoms with van der Waals surface area (Å²) in [5.74, 6) is 0.291. The Morgan fingerprint density at radius 1 is 1.29 bits per heavy atom. The zero-order valence-corrected chi connectivity index (χ0v) is 15.4. The average Bonchev–Trinajstić information content (AvgIpc) is 3.13. The quantitative estimate of drug-likeness (QED) is 0.536. The average molecular weight is 384 g/mol. The van der Waals surface area contributed by atoms with E-state index in [9.17, 15) is 19.6 Å². The Morgan fingerprint density at radius 3 is 2.62 bits per heavy atom. The van der Waals surface area contributed by atoms with E-state index < -0.39 is 31.2 Å². The molecule has 0 aromatic heterocycles. The molecule has 24 heavy (non-hydrogen) atoms. The fourth-order valence-corrected chi connectivity index (χ4v) is 6.01. The topological polar surface area (TPSA) is 112 Å². The molecular weight excluding hydrogens is 359 g/mol. The number of ether oxygens (including phenoxy) is 2. The van der Waals surface area contributed by atoms with Crippen LogP contribution < -0.4 is 0 Å². The first kappa shape index (κ1) is 20.3. The Hall–Kier alpha value is 0.01000. The van der Waals surface area contributed by atoms with Crippen LogP contribution in [-0.4, -0.2) is 72.6 Å². The van der Waals surface area contributed by atoms with Gasteiger partial charge in [-0.25, -0.2) is 4.57 Å². The molecule has 2 aliphatic heterocycles. The number of rotatable bonds is 10. The number of carbonyl (C=O) groups excluding carboxylic acids is 1. The number of carbonyl (C=O) groups is 1. The highest BCUT2D eigenvalue weighted by atomic mass is 32.7. The largest absolute Gasteiger partial charge is 0.394 e. The highest BCUT2D eigenvalue weighted by Crippen LogP contribution is 2.62. The van der Waals surface area contributed by atoms with Crippen molar-refractivity contribution in [3.05, 3.63) is 0 Å². The molecular formula is C14H25O8PS. The van der Waals surface area contributed by atoms with Crippen molar-refractivity contribution in [2.75, 3.05) is 32.2 Å². The molecule has 0 bridgehead atoms. The van der Waals surface area contributed by atoms with Gasteiger partial charge >= 0.3 is 6.80 Å². The molecule has 0 spiro atoms. The summed E-state index contributed by atoms with van der Waals surface area (Å²) in [6.45, 7) is -1.55. The Morgan fingerprint density at radius 2 is 2.00 bits per heavy atom. The molecule has 8 nitrogen and oxygen atoms in total. The van der Waals surface area contributed by atoms with Gasteiger partial charge in [0.2, 0.25) is 0 Å². The maximum atomic E-state index is 13.0. The lowest BCUT2D eigenvalue weighted by Gasteiger charge is -2.25. The smallest absolute Gasteiger partial charge is 0.389 e. The number of aliphatic hydroxyl groups excluding tert-OH is 2. The third-order valence-electron chi connectivity index (χ3n) is 3.87. The molecule has 2 aliphatic rings. The number of aliphatic hydroxyl groups is 2. The first-order valence-corrected chi connectivity index (χ1v) is 11.2. The van der Waals surface area contributed by atoms with Crippen molar-refractivity contribution in [2.24, 2.45) is 0 Å². The molecule has 0 aliphatic carbocycles. The van der Waals surface area contributed by atoms with E-state index in [1.165, 1.54) is 6.92 Å². The van der Waals surface area contributed by atoms with Crippen LogP contribution >= 0.6 is 18.2 Å². The minimum absolute atomic E-state index is 0.0129. The summed E-state index contributed by atoms with van der Waals surface area (Å²) in [4.78, 5) is 11.1. The predicted molar refractivity (Wildman–Crippen MR) is 88.0 cm³/mol. The number of hydrogen-bond donors (Lipinski definition) is 2. The summed E-state index contributed by atoms with van der Waals surface area (Å²) in [5, 5.41) is 19.0. The lowest BCUT2D eigenvalue weighted by molar-refractivity contribution is -0.116. The van der Waals surface area contributed by atoms with E-state index in [0.29, 0.717) is 31.8 Å². The van der Waals surface area contributed by atoms with Gasteiger partial charge in [-0.1, -0.05) is 0 Å². The van der Waals surface area contributed by atoms with Gasteiger partial charge in [0.05, 0.1) is 25.4 Å². The van der Waals surface area contributed by atoms with Gasteiger partial charge in [-0.05, 0) is 24.7 Å². The van der Waals surface area contributed by atoms with Crippen LogP contribution in [0, 0.1) is 0 Å². The van der Waals surface area contributed by atoms with Crippen LogP contribution in [0.5, 0.6) is 0 Å². The molecule has 10 heteroatoms. The highest BCUT2D eigenvalue weighted by Gasteiger charge is 2.38. The maximum Gasteiger partial charge on any atom is 0.389 e. The van der Waals surface area contributed by atoms with Crippen LogP contribution in [0.1, 0.15) is 26.2 Å². The van der Waals surface area contributed by atoms with E-state index in [4.69, 9.17) is 18.5 Å². The van der Waals surface area contributed by atoms with Crippen LogP contribution in [-0.2, 0) is 27.9 Å². The van der Waals surface area contributed by atoms with Crippen molar-refractivity contribution in [1.82, 2.24) is 0 Å². The Bertz CT molecular complexity index is 462. The van der Waals surface area contributed by atoms with E-state index >= 15 is 0 Å². The summed E-state index contributed by atoms with van der Waals surface area (Å²) in [6.07, 6.45) is -0.976. The maximum absolute atomic E-state index is 13.0. The molecule has 2 heterocycles. The Labute approximate surface area is 145 Å². The molecule has 0 aromatic carbocycles. The molecule has 2 rings (SSSR count). The van der Waals surface area contributed by atoms with Gasteiger partial charge in [0, 0.05) is 31.8 Å². The standard InChI is InChI=1S/C14H25O8PS/c1-10(16)4-7-24-23(18,21-9-14-11(17)2-5-20-14)22-12-3-6-19-13(12)8-15/h11-15,17H,2-9H2,1H3/t11?,12?,13-,14-,23+/m1/s1. The number of Topliss-reactive ketones (excluding diaryl/α,β-unsaturated/α-hetero) is 1. The van der Waals surface area contributed by atoms with Gasteiger partial charge < -0.3 is 19.7 Å². The van der Waals surface area contributed by atoms with Gasteiger partial charge in [-0.2, -0.15) is 0 Å². The number of hydrogen-bond acceptors (Lipinski definition) is 9. The first-order valence-electron chi connectivity index (χ1n) is 8.02. The fraction of sp³-hybridized carbons (Fsp3) is 0.929. The van der Waals surface area contributed by atoms with Crippen molar-refractivity contribution in [1.29, 1.82) is 0 Å².